The summed E-state index contributed by atoms with van der Waals surface area (Å²) in [5.41, 5.74) is 1.77. The lowest BCUT2D eigenvalue weighted by Crippen LogP contribution is -2.40. The van der Waals surface area contributed by atoms with E-state index in [0.717, 1.165) is 35.1 Å². The number of hydrogen-bond donors (Lipinski definition) is 0. The second-order valence-corrected chi connectivity index (χ2v) is 8.98. The van der Waals surface area contributed by atoms with Crippen LogP contribution in [0, 0.1) is 6.92 Å². The van der Waals surface area contributed by atoms with E-state index in [1.807, 2.05) is 6.92 Å². The van der Waals surface area contributed by atoms with Gasteiger partial charge in [0.15, 0.2) is 11.5 Å². The number of rotatable bonds is 6. The Morgan fingerprint density at radius 1 is 1.06 bits per heavy atom. The highest BCUT2D eigenvalue weighted by Crippen LogP contribution is 2.37. The summed E-state index contributed by atoms with van der Waals surface area (Å²) in [7, 11) is 1.44. The Morgan fingerprint density at radius 3 is 2.44 bits per heavy atom. The van der Waals surface area contributed by atoms with Crippen molar-refractivity contribution in [3.63, 3.8) is 0 Å². The van der Waals surface area contributed by atoms with E-state index in [1.165, 1.54) is 13.2 Å². The first-order chi connectivity index (χ1) is 16.4. The van der Waals surface area contributed by atoms with Gasteiger partial charge in [-0.1, -0.05) is 29.8 Å². The Morgan fingerprint density at radius 2 is 1.76 bits per heavy atom. The van der Waals surface area contributed by atoms with Gasteiger partial charge in [-0.25, -0.2) is 4.79 Å². The number of imide groups is 1. The number of likely N-dealkylation sites (tertiary alicyclic amines) is 1. The van der Waals surface area contributed by atoms with Gasteiger partial charge in [0.2, 0.25) is 5.91 Å². The Bertz CT molecular complexity index is 1170. The average molecular weight is 481 g/mol. The number of para-hydroxylation sites is 1. The molecule has 176 valence electrons. The zero-order valence-corrected chi connectivity index (χ0v) is 19.7. The van der Waals surface area contributed by atoms with E-state index in [1.54, 1.807) is 47.4 Å². The smallest absolute Gasteiger partial charge is 0.343 e. The van der Waals surface area contributed by atoms with Gasteiger partial charge in [-0.15, -0.1) is 0 Å². The van der Waals surface area contributed by atoms with Gasteiger partial charge in [-0.2, -0.15) is 0 Å². The average Bonchev–Trinajstić information content (AvgIpc) is 3.45. The van der Waals surface area contributed by atoms with Crippen molar-refractivity contribution in [3.8, 4) is 11.5 Å². The SMILES string of the molecule is COc1cccc(/C=C2\SC(=O)N(CC(=O)N3CCCC3)C2=O)c1OC(=O)c1ccc(C)cc1. The number of aryl methyl sites for hydroxylation is 1. The van der Waals surface area contributed by atoms with E-state index >= 15 is 0 Å². The number of methoxy groups -OCH3 is 1. The molecule has 9 heteroatoms. The largest absolute Gasteiger partial charge is 0.493 e. The molecule has 2 saturated heterocycles. The van der Waals surface area contributed by atoms with E-state index in [4.69, 9.17) is 9.47 Å². The van der Waals surface area contributed by atoms with Crippen molar-refractivity contribution in [1.29, 1.82) is 0 Å². The van der Waals surface area contributed by atoms with Gasteiger partial charge in [-0.3, -0.25) is 19.3 Å². The van der Waals surface area contributed by atoms with Crippen LogP contribution in [-0.4, -0.2) is 59.6 Å². The third kappa shape index (κ3) is 4.99. The third-order valence-electron chi connectivity index (χ3n) is 5.62. The first-order valence-electron chi connectivity index (χ1n) is 10.9. The number of amides is 3. The van der Waals surface area contributed by atoms with Crippen molar-refractivity contribution in [2.45, 2.75) is 19.8 Å². The molecule has 0 spiro atoms. The summed E-state index contributed by atoms with van der Waals surface area (Å²) in [6.45, 7) is 2.92. The van der Waals surface area contributed by atoms with Gasteiger partial charge < -0.3 is 14.4 Å². The second kappa shape index (κ2) is 10.1. The Balaban J connectivity index is 1.58. The van der Waals surface area contributed by atoms with Crippen molar-refractivity contribution in [2.75, 3.05) is 26.7 Å². The van der Waals surface area contributed by atoms with Crippen molar-refractivity contribution in [1.82, 2.24) is 9.80 Å². The fourth-order valence-electron chi connectivity index (χ4n) is 3.74. The van der Waals surface area contributed by atoms with Crippen LogP contribution in [0.5, 0.6) is 11.5 Å². The topological polar surface area (TPSA) is 93.2 Å². The fraction of sp³-hybridized carbons (Fsp3) is 0.280. The third-order valence-corrected chi connectivity index (χ3v) is 6.53. The number of carbonyl (C=O) groups is 4. The van der Waals surface area contributed by atoms with Gasteiger partial charge in [0, 0.05) is 18.7 Å². The van der Waals surface area contributed by atoms with Gasteiger partial charge in [0.25, 0.3) is 11.1 Å². The van der Waals surface area contributed by atoms with Crippen LogP contribution in [0.15, 0.2) is 47.4 Å². The molecule has 0 N–H and O–H groups in total. The lowest BCUT2D eigenvalue weighted by Gasteiger charge is -2.18. The molecule has 2 aromatic carbocycles. The maximum Gasteiger partial charge on any atom is 0.343 e. The normalized spacial score (nSPS) is 16.9. The second-order valence-electron chi connectivity index (χ2n) is 7.99. The molecule has 2 heterocycles. The number of esters is 1. The van der Waals surface area contributed by atoms with Gasteiger partial charge in [0.1, 0.15) is 6.54 Å². The summed E-state index contributed by atoms with van der Waals surface area (Å²) in [5.74, 6) is -0.937. The van der Waals surface area contributed by atoms with E-state index in [2.05, 4.69) is 0 Å². The van der Waals surface area contributed by atoms with Gasteiger partial charge >= 0.3 is 5.97 Å². The summed E-state index contributed by atoms with van der Waals surface area (Å²) in [6, 6.07) is 11.9. The molecule has 2 aliphatic heterocycles. The lowest BCUT2D eigenvalue weighted by atomic mass is 10.1. The first-order valence-corrected chi connectivity index (χ1v) is 11.7. The van der Waals surface area contributed by atoms with Gasteiger partial charge in [0.05, 0.1) is 17.6 Å². The maximum atomic E-state index is 12.9. The first kappa shape index (κ1) is 23.6. The molecule has 0 aliphatic carbocycles. The monoisotopic (exact) mass is 480 g/mol. The minimum absolute atomic E-state index is 0.135. The highest BCUT2D eigenvalue weighted by Gasteiger charge is 2.37. The minimum atomic E-state index is -0.580. The summed E-state index contributed by atoms with van der Waals surface area (Å²) in [6.07, 6.45) is 3.33. The number of thioether (sulfide) groups is 1. The molecule has 4 rings (SSSR count). The van der Waals surface area contributed by atoms with E-state index < -0.39 is 17.1 Å². The van der Waals surface area contributed by atoms with E-state index in [-0.39, 0.29) is 23.1 Å². The van der Waals surface area contributed by atoms with Crippen LogP contribution in [0.3, 0.4) is 0 Å². The summed E-state index contributed by atoms with van der Waals surface area (Å²) in [4.78, 5) is 53.3. The summed E-state index contributed by atoms with van der Waals surface area (Å²) in [5, 5.41) is -0.509. The molecule has 0 bridgehead atoms. The highest BCUT2D eigenvalue weighted by molar-refractivity contribution is 8.18. The van der Waals surface area contributed by atoms with Crippen molar-refractivity contribution >= 4 is 40.9 Å². The molecule has 34 heavy (non-hydrogen) atoms. The molecule has 2 aliphatic rings. The van der Waals surface area contributed by atoms with Crippen LogP contribution in [0.4, 0.5) is 4.79 Å². The highest BCUT2D eigenvalue weighted by atomic mass is 32.2. The Kier molecular flexibility index (Phi) is 7.02. The fourth-order valence-corrected chi connectivity index (χ4v) is 4.57. The Hall–Kier alpha value is -3.59. The van der Waals surface area contributed by atoms with Crippen LogP contribution in [0.1, 0.15) is 34.3 Å². The maximum absolute atomic E-state index is 12.9. The minimum Gasteiger partial charge on any atom is -0.493 e. The van der Waals surface area contributed by atoms with Crippen LogP contribution in [-0.2, 0) is 9.59 Å². The Labute approximate surface area is 201 Å². The number of carbonyl (C=O) groups excluding carboxylic acids is 4. The van der Waals surface area contributed by atoms with Crippen LogP contribution >= 0.6 is 11.8 Å². The predicted octanol–water partition coefficient (Wildman–Crippen LogP) is 3.88. The van der Waals surface area contributed by atoms with E-state index in [9.17, 15) is 19.2 Å². The molecule has 0 radical (unpaired) electrons. The molecule has 0 atom stereocenters. The number of nitrogens with zero attached hydrogens (tertiary/aromatic N) is 2. The number of hydrogen-bond acceptors (Lipinski definition) is 7. The van der Waals surface area contributed by atoms with E-state index in [0.29, 0.717) is 30.0 Å². The quantitative estimate of drug-likeness (QED) is 0.352. The van der Waals surface area contributed by atoms with Crippen LogP contribution in [0.2, 0.25) is 0 Å². The molecule has 0 unspecified atom stereocenters. The van der Waals surface area contributed by atoms with Crippen LogP contribution < -0.4 is 9.47 Å². The van der Waals surface area contributed by atoms with Crippen LogP contribution in [0.25, 0.3) is 6.08 Å². The molecule has 2 aromatic rings. The molecule has 8 nitrogen and oxygen atoms in total. The number of ether oxygens (including phenoxy) is 2. The molecule has 2 fully saturated rings. The van der Waals surface area contributed by atoms with Gasteiger partial charge in [-0.05, 0) is 55.8 Å². The molecule has 0 aromatic heterocycles. The summed E-state index contributed by atoms with van der Waals surface area (Å²) < 4.78 is 11.0. The van der Waals surface area contributed by atoms with Crippen molar-refractivity contribution in [2.24, 2.45) is 0 Å². The zero-order chi connectivity index (χ0) is 24.2. The molecule has 3 amide bonds. The predicted molar refractivity (Wildman–Crippen MR) is 128 cm³/mol. The van der Waals surface area contributed by atoms with Crippen molar-refractivity contribution in [3.05, 3.63) is 64.1 Å². The molecule has 0 saturated carbocycles. The molecular formula is C25H24N2O6S. The standard InChI is InChI=1S/C25H24N2O6S/c1-16-8-10-17(11-9-16)24(30)33-22-18(6-5-7-19(22)32-2)14-20-23(29)27(25(31)34-20)15-21(28)26-12-3-4-13-26/h5-11,14H,3-4,12-13,15H2,1-2H3/b20-14-. The number of benzene rings is 2. The van der Waals surface area contributed by atoms with Crippen molar-refractivity contribution < 1.29 is 28.7 Å². The lowest BCUT2D eigenvalue weighted by molar-refractivity contribution is -0.135. The zero-order valence-electron chi connectivity index (χ0n) is 18.9. The summed E-state index contributed by atoms with van der Waals surface area (Å²) >= 11 is 0.747. The molecular weight excluding hydrogens is 456 g/mol.